The van der Waals surface area contributed by atoms with Crippen molar-refractivity contribution in [3.05, 3.63) is 29.8 Å². The molecular weight excluding hydrogens is 254 g/mol. The molecule has 0 heterocycles. The molecular formula is C11H17N3O3S. The van der Waals surface area contributed by atoms with E-state index in [-0.39, 0.29) is 23.4 Å². The molecule has 0 aliphatic carbocycles. The van der Waals surface area contributed by atoms with Crippen molar-refractivity contribution in [2.75, 3.05) is 13.6 Å². The summed E-state index contributed by atoms with van der Waals surface area (Å²) in [5.41, 5.74) is 5.77. The van der Waals surface area contributed by atoms with E-state index in [4.69, 9.17) is 5.73 Å². The van der Waals surface area contributed by atoms with E-state index in [0.717, 1.165) is 0 Å². The smallest absolute Gasteiger partial charge is 0.251 e. The molecule has 7 heteroatoms. The minimum Gasteiger partial charge on any atom is -0.355 e. The van der Waals surface area contributed by atoms with Crippen molar-refractivity contribution in [1.82, 2.24) is 10.0 Å². The van der Waals surface area contributed by atoms with Gasteiger partial charge >= 0.3 is 0 Å². The lowest BCUT2D eigenvalue weighted by Gasteiger charge is -2.12. The molecule has 1 amide bonds. The van der Waals surface area contributed by atoms with Crippen LogP contribution in [0.2, 0.25) is 0 Å². The predicted octanol–water partition coefficient (Wildman–Crippen LogP) is -0.328. The summed E-state index contributed by atoms with van der Waals surface area (Å²) < 4.78 is 26.2. The summed E-state index contributed by atoms with van der Waals surface area (Å²) in [7, 11) is -2.07. The number of benzene rings is 1. The first-order chi connectivity index (χ1) is 8.40. The Morgan fingerprint density at radius 1 is 1.33 bits per heavy atom. The Labute approximate surface area is 107 Å². The molecule has 1 rings (SSSR count). The zero-order valence-electron chi connectivity index (χ0n) is 10.3. The van der Waals surface area contributed by atoms with E-state index in [2.05, 4.69) is 10.0 Å². The minimum absolute atomic E-state index is 0.107. The number of hydrogen-bond donors (Lipinski definition) is 3. The van der Waals surface area contributed by atoms with Gasteiger partial charge < -0.3 is 11.1 Å². The van der Waals surface area contributed by atoms with Crippen molar-refractivity contribution in [2.45, 2.75) is 17.9 Å². The second-order valence-electron chi connectivity index (χ2n) is 3.86. The molecule has 0 saturated heterocycles. The van der Waals surface area contributed by atoms with Gasteiger partial charge in [-0.05, 0) is 31.2 Å². The Morgan fingerprint density at radius 3 is 2.33 bits per heavy atom. The molecule has 100 valence electrons. The molecule has 0 aliphatic rings. The fourth-order valence-corrected chi connectivity index (χ4v) is 2.57. The van der Waals surface area contributed by atoms with Crippen LogP contribution in [0.4, 0.5) is 0 Å². The summed E-state index contributed by atoms with van der Waals surface area (Å²) in [5.74, 6) is -0.262. The summed E-state index contributed by atoms with van der Waals surface area (Å²) in [6.45, 7) is 1.89. The summed E-state index contributed by atoms with van der Waals surface area (Å²) in [6.07, 6.45) is 0. The quantitative estimate of drug-likeness (QED) is 0.682. The van der Waals surface area contributed by atoms with E-state index in [0.29, 0.717) is 5.56 Å². The number of nitrogens with one attached hydrogen (secondary N) is 2. The number of sulfonamides is 1. The highest BCUT2D eigenvalue weighted by molar-refractivity contribution is 7.89. The Bertz CT molecular complexity index is 511. The fourth-order valence-electron chi connectivity index (χ4n) is 1.31. The van der Waals surface area contributed by atoms with Crippen LogP contribution in [0.15, 0.2) is 29.2 Å². The third-order valence-corrected chi connectivity index (χ3v) is 3.97. The minimum atomic E-state index is -3.58. The third-order valence-electron chi connectivity index (χ3n) is 2.36. The van der Waals surface area contributed by atoms with Crippen molar-refractivity contribution in [1.29, 1.82) is 0 Å². The van der Waals surface area contributed by atoms with Crippen LogP contribution in [0, 0.1) is 0 Å². The van der Waals surface area contributed by atoms with Crippen LogP contribution in [0.25, 0.3) is 0 Å². The molecule has 0 saturated carbocycles. The molecule has 1 aromatic rings. The maximum absolute atomic E-state index is 11.9. The number of rotatable bonds is 5. The standard InChI is InChI=1S/C11H17N3O3S/c1-8(7-12)14-18(16,17)10-5-3-9(4-6-10)11(15)13-2/h3-6,8,14H,7,12H2,1-2H3,(H,13,15)/t8-/m0/s1. The van der Waals surface area contributed by atoms with Crippen molar-refractivity contribution >= 4 is 15.9 Å². The van der Waals surface area contributed by atoms with E-state index in [1.807, 2.05) is 0 Å². The van der Waals surface area contributed by atoms with Crippen LogP contribution in [0.3, 0.4) is 0 Å². The summed E-state index contributed by atoms with van der Waals surface area (Å²) in [5, 5.41) is 2.46. The van der Waals surface area contributed by atoms with Gasteiger partial charge in [0.15, 0.2) is 0 Å². The molecule has 1 atom stereocenters. The molecule has 0 radical (unpaired) electrons. The van der Waals surface area contributed by atoms with E-state index in [1.54, 1.807) is 6.92 Å². The highest BCUT2D eigenvalue weighted by atomic mass is 32.2. The maximum atomic E-state index is 11.9. The van der Waals surface area contributed by atoms with Gasteiger partial charge in [0.25, 0.3) is 5.91 Å². The molecule has 0 unspecified atom stereocenters. The van der Waals surface area contributed by atoms with E-state index < -0.39 is 10.0 Å². The predicted molar refractivity (Wildman–Crippen MR) is 68.7 cm³/mol. The maximum Gasteiger partial charge on any atom is 0.251 e. The third kappa shape index (κ3) is 3.52. The van der Waals surface area contributed by atoms with Gasteiger partial charge in [-0.15, -0.1) is 0 Å². The van der Waals surface area contributed by atoms with Crippen LogP contribution in [0.1, 0.15) is 17.3 Å². The number of carbonyl (C=O) groups is 1. The van der Waals surface area contributed by atoms with E-state index >= 15 is 0 Å². The van der Waals surface area contributed by atoms with Gasteiger partial charge in [-0.25, -0.2) is 13.1 Å². The number of nitrogens with two attached hydrogens (primary N) is 1. The second-order valence-corrected chi connectivity index (χ2v) is 5.58. The van der Waals surface area contributed by atoms with Crippen molar-refractivity contribution in [2.24, 2.45) is 5.73 Å². The van der Waals surface area contributed by atoms with Crippen molar-refractivity contribution in [3.63, 3.8) is 0 Å². The first-order valence-corrected chi connectivity index (χ1v) is 6.93. The molecule has 0 aromatic heterocycles. The monoisotopic (exact) mass is 271 g/mol. The summed E-state index contributed by atoms with van der Waals surface area (Å²) in [4.78, 5) is 11.4. The average molecular weight is 271 g/mol. The lowest BCUT2D eigenvalue weighted by Crippen LogP contribution is -2.37. The average Bonchev–Trinajstić information content (AvgIpc) is 2.37. The van der Waals surface area contributed by atoms with E-state index in [9.17, 15) is 13.2 Å². The highest BCUT2D eigenvalue weighted by Gasteiger charge is 2.16. The molecule has 0 bridgehead atoms. The largest absolute Gasteiger partial charge is 0.355 e. The molecule has 1 aromatic carbocycles. The van der Waals surface area contributed by atoms with Crippen LogP contribution in [-0.4, -0.2) is 34.0 Å². The molecule has 4 N–H and O–H groups in total. The van der Waals surface area contributed by atoms with Gasteiger partial charge in [-0.1, -0.05) is 0 Å². The van der Waals surface area contributed by atoms with Crippen molar-refractivity contribution in [3.8, 4) is 0 Å². The van der Waals surface area contributed by atoms with Gasteiger partial charge in [0.2, 0.25) is 10.0 Å². The summed E-state index contributed by atoms with van der Waals surface area (Å²) in [6, 6.07) is 5.35. The van der Waals surface area contributed by atoms with Gasteiger partial charge in [0.05, 0.1) is 4.90 Å². The zero-order chi connectivity index (χ0) is 13.8. The van der Waals surface area contributed by atoms with Gasteiger partial charge in [0.1, 0.15) is 0 Å². The van der Waals surface area contributed by atoms with Gasteiger partial charge in [-0.3, -0.25) is 4.79 Å². The molecule has 0 aliphatic heterocycles. The Morgan fingerprint density at radius 2 is 1.89 bits per heavy atom. The topological polar surface area (TPSA) is 101 Å². The molecule has 0 spiro atoms. The fraction of sp³-hybridized carbons (Fsp3) is 0.364. The highest BCUT2D eigenvalue weighted by Crippen LogP contribution is 2.11. The lowest BCUT2D eigenvalue weighted by atomic mass is 10.2. The van der Waals surface area contributed by atoms with Crippen LogP contribution in [-0.2, 0) is 10.0 Å². The molecule has 18 heavy (non-hydrogen) atoms. The first kappa shape index (κ1) is 14.6. The Kier molecular flexibility index (Phi) is 4.83. The lowest BCUT2D eigenvalue weighted by molar-refractivity contribution is 0.0963. The van der Waals surface area contributed by atoms with Crippen LogP contribution < -0.4 is 15.8 Å². The number of amides is 1. The molecule has 6 nitrogen and oxygen atoms in total. The van der Waals surface area contributed by atoms with E-state index in [1.165, 1.54) is 31.3 Å². The van der Waals surface area contributed by atoms with Crippen molar-refractivity contribution < 1.29 is 13.2 Å². The number of hydrogen-bond acceptors (Lipinski definition) is 4. The Balaban J connectivity index is 2.94. The second kappa shape index (κ2) is 5.94. The first-order valence-electron chi connectivity index (χ1n) is 5.45. The van der Waals surface area contributed by atoms with Crippen LogP contribution in [0.5, 0.6) is 0 Å². The summed E-state index contributed by atoms with van der Waals surface area (Å²) >= 11 is 0. The zero-order valence-corrected chi connectivity index (χ0v) is 11.1. The SMILES string of the molecule is CNC(=O)c1ccc(S(=O)(=O)N[C@@H](C)CN)cc1. The normalized spacial score (nSPS) is 13.1. The van der Waals surface area contributed by atoms with Crippen LogP contribution >= 0.6 is 0 Å². The molecule has 0 fully saturated rings. The van der Waals surface area contributed by atoms with Gasteiger partial charge in [-0.2, -0.15) is 0 Å². The Hall–Kier alpha value is -1.44. The van der Waals surface area contributed by atoms with Gasteiger partial charge in [0, 0.05) is 25.2 Å². The number of carbonyl (C=O) groups excluding carboxylic acids is 1.